The number of imidazole rings is 1. The second-order valence-electron chi connectivity index (χ2n) is 7.05. The smallest absolute Gasteiger partial charge is 0.327 e. The van der Waals surface area contributed by atoms with Crippen molar-refractivity contribution in [2.75, 3.05) is 44.7 Å². The lowest BCUT2D eigenvalue weighted by molar-refractivity contribution is 0.243. The third kappa shape index (κ3) is 3.95. The van der Waals surface area contributed by atoms with Crippen LogP contribution in [0.2, 0.25) is 0 Å². The van der Waals surface area contributed by atoms with Gasteiger partial charge in [-0.1, -0.05) is 30.3 Å². The highest BCUT2D eigenvalue weighted by atomic mass is 16.2. The van der Waals surface area contributed by atoms with Gasteiger partial charge in [0.05, 0.1) is 11.0 Å². The Morgan fingerprint density at radius 2 is 1.85 bits per heavy atom. The van der Waals surface area contributed by atoms with Crippen molar-refractivity contribution >= 4 is 22.8 Å². The zero-order valence-corrected chi connectivity index (χ0v) is 15.6. The molecule has 6 heteroatoms. The van der Waals surface area contributed by atoms with Crippen LogP contribution in [0.1, 0.15) is 5.56 Å². The third-order valence-corrected chi connectivity index (χ3v) is 5.15. The molecule has 140 valence electrons. The van der Waals surface area contributed by atoms with Gasteiger partial charge in [-0.3, -0.25) is 4.57 Å². The number of rotatable bonds is 4. The molecule has 0 unspecified atom stereocenters. The van der Waals surface area contributed by atoms with Gasteiger partial charge in [-0.2, -0.15) is 0 Å². The summed E-state index contributed by atoms with van der Waals surface area (Å²) in [4.78, 5) is 21.7. The summed E-state index contributed by atoms with van der Waals surface area (Å²) >= 11 is 0. The Kier molecular flexibility index (Phi) is 5.07. The molecule has 1 fully saturated rings. The molecule has 1 N–H and O–H groups in total. The summed E-state index contributed by atoms with van der Waals surface area (Å²) in [5.41, 5.74) is 4.07. The molecule has 0 atom stereocenters. The zero-order chi connectivity index (χ0) is 18.6. The van der Waals surface area contributed by atoms with Crippen molar-refractivity contribution in [3.05, 3.63) is 60.4 Å². The predicted octanol–water partition coefficient (Wildman–Crippen LogP) is 2.59. The fourth-order valence-corrected chi connectivity index (χ4v) is 3.47. The van der Waals surface area contributed by atoms with E-state index in [0.29, 0.717) is 6.54 Å². The zero-order valence-electron chi connectivity index (χ0n) is 15.6. The molecule has 3 aromatic rings. The van der Waals surface area contributed by atoms with Crippen LogP contribution >= 0.6 is 0 Å². The molecule has 6 nitrogen and oxygen atoms in total. The van der Waals surface area contributed by atoms with E-state index in [1.165, 1.54) is 11.3 Å². The molecule has 2 heterocycles. The average molecular weight is 363 g/mol. The van der Waals surface area contributed by atoms with Crippen LogP contribution in [0.3, 0.4) is 0 Å². The van der Waals surface area contributed by atoms with Gasteiger partial charge >= 0.3 is 6.03 Å². The van der Waals surface area contributed by atoms with Crippen LogP contribution in [0, 0.1) is 0 Å². The Bertz CT molecular complexity index is 913. The predicted molar refractivity (Wildman–Crippen MR) is 108 cm³/mol. The first-order valence-electron chi connectivity index (χ1n) is 9.43. The number of carbonyl (C=O) groups excluding carboxylic acids is 1. The molecule has 0 bridgehead atoms. The maximum absolute atomic E-state index is 12.5. The van der Waals surface area contributed by atoms with E-state index in [4.69, 9.17) is 0 Å². The van der Waals surface area contributed by atoms with E-state index >= 15 is 0 Å². The number of amides is 1. The summed E-state index contributed by atoms with van der Waals surface area (Å²) < 4.78 is 1.59. The highest BCUT2D eigenvalue weighted by molar-refractivity contribution is 5.90. The number of nitrogens with one attached hydrogen (secondary N) is 1. The first-order chi connectivity index (χ1) is 13.2. The molecule has 1 aliphatic heterocycles. The summed E-state index contributed by atoms with van der Waals surface area (Å²) in [6.45, 7) is 4.76. The van der Waals surface area contributed by atoms with Crippen molar-refractivity contribution in [3.8, 4) is 0 Å². The lowest BCUT2D eigenvalue weighted by Gasteiger charge is -2.34. The van der Waals surface area contributed by atoms with E-state index in [0.717, 1.165) is 43.6 Å². The minimum atomic E-state index is -0.138. The number of carbonyl (C=O) groups is 1. The lowest BCUT2D eigenvalue weighted by atomic mass is 10.1. The second-order valence-corrected chi connectivity index (χ2v) is 7.05. The first kappa shape index (κ1) is 17.5. The summed E-state index contributed by atoms with van der Waals surface area (Å²) in [7, 11) is 2.15. The molecule has 1 aromatic heterocycles. The van der Waals surface area contributed by atoms with Crippen LogP contribution in [0.15, 0.2) is 54.9 Å². The van der Waals surface area contributed by atoms with Gasteiger partial charge in [-0.15, -0.1) is 0 Å². The molecule has 0 spiro atoms. The molecule has 1 aliphatic rings. The second kappa shape index (κ2) is 7.80. The minimum absolute atomic E-state index is 0.138. The number of piperazine rings is 1. The standard InChI is InChI=1S/C21H25N5O/c1-24-11-13-25(14-12-24)18-7-8-20-19(15-18)23-16-26(20)21(27)22-10-9-17-5-3-2-4-6-17/h2-8,15-16H,9-14H2,1H3,(H,22,27). The van der Waals surface area contributed by atoms with E-state index in [2.05, 4.69) is 51.4 Å². The molecular weight excluding hydrogens is 338 g/mol. The van der Waals surface area contributed by atoms with Crippen molar-refractivity contribution in [1.29, 1.82) is 0 Å². The van der Waals surface area contributed by atoms with Gasteiger partial charge < -0.3 is 15.1 Å². The van der Waals surface area contributed by atoms with Gasteiger partial charge in [0.2, 0.25) is 0 Å². The summed E-state index contributed by atoms with van der Waals surface area (Å²) in [5, 5.41) is 2.98. The maximum atomic E-state index is 12.5. The van der Waals surface area contributed by atoms with Gasteiger partial charge in [0.25, 0.3) is 0 Å². The molecular formula is C21H25N5O. The highest BCUT2D eigenvalue weighted by Crippen LogP contribution is 2.22. The molecule has 4 rings (SSSR count). The van der Waals surface area contributed by atoms with E-state index in [-0.39, 0.29) is 6.03 Å². The fourth-order valence-electron chi connectivity index (χ4n) is 3.47. The van der Waals surface area contributed by atoms with Gasteiger partial charge in [0, 0.05) is 38.4 Å². The normalized spacial score (nSPS) is 15.2. The Balaban J connectivity index is 1.42. The number of aromatic nitrogens is 2. The quantitative estimate of drug-likeness (QED) is 0.774. The van der Waals surface area contributed by atoms with Crippen LogP contribution in [0.4, 0.5) is 10.5 Å². The molecule has 27 heavy (non-hydrogen) atoms. The third-order valence-electron chi connectivity index (χ3n) is 5.15. The molecule has 1 amide bonds. The Labute approximate surface area is 159 Å². The monoisotopic (exact) mass is 363 g/mol. The SMILES string of the molecule is CN1CCN(c2ccc3c(c2)ncn3C(=O)NCCc2ccccc2)CC1. The average Bonchev–Trinajstić information content (AvgIpc) is 3.12. The fraction of sp³-hybridized carbons (Fsp3) is 0.333. The van der Waals surface area contributed by atoms with Gasteiger partial charge in [-0.25, -0.2) is 9.78 Å². The lowest BCUT2D eigenvalue weighted by Crippen LogP contribution is -2.44. The van der Waals surface area contributed by atoms with Gasteiger partial charge in [-0.05, 0) is 37.2 Å². The maximum Gasteiger partial charge on any atom is 0.327 e. The van der Waals surface area contributed by atoms with Crippen LogP contribution < -0.4 is 10.2 Å². The van der Waals surface area contributed by atoms with Crippen molar-refractivity contribution < 1.29 is 4.79 Å². The summed E-state index contributed by atoms with van der Waals surface area (Å²) in [5.74, 6) is 0. The summed E-state index contributed by atoms with van der Waals surface area (Å²) in [6, 6.07) is 16.2. The number of fused-ring (bicyclic) bond motifs is 1. The minimum Gasteiger partial charge on any atom is -0.369 e. The van der Waals surface area contributed by atoms with Crippen LogP contribution in [0.25, 0.3) is 11.0 Å². The van der Waals surface area contributed by atoms with E-state index in [1.54, 1.807) is 10.9 Å². The molecule has 1 saturated heterocycles. The van der Waals surface area contributed by atoms with Crippen LogP contribution in [0.5, 0.6) is 0 Å². The number of hydrogen-bond donors (Lipinski definition) is 1. The largest absolute Gasteiger partial charge is 0.369 e. The van der Waals surface area contributed by atoms with Crippen molar-refractivity contribution in [2.45, 2.75) is 6.42 Å². The van der Waals surface area contributed by atoms with E-state index in [9.17, 15) is 4.79 Å². The first-order valence-corrected chi connectivity index (χ1v) is 9.43. The number of hydrogen-bond acceptors (Lipinski definition) is 4. The van der Waals surface area contributed by atoms with Crippen molar-refractivity contribution in [1.82, 2.24) is 19.8 Å². The van der Waals surface area contributed by atoms with Gasteiger partial charge in [0.1, 0.15) is 6.33 Å². The molecule has 0 aliphatic carbocycles. The number of nitrogens with zero attached hydrogens (tertiary/aromatic N) is 4. The van der Waals surface area contributed by atoms with Crippen molar-refractivity contribution in [2.24, 2.45) is 0 Å². The van der Waals surface area contributed by atoms with E-state index in [1.807, 2.05) is 24.3 Å². The Morgan fingerprint density at radius 3 is 2.63 bits per heavy atom. The number of likely N-dealkylation sites (N-methyl/N-ethyl adjacent to an activating group) is 1. The molecule has 0 radical (unpaired) electrons. The number of benzene rings is 2. The molecule has 2 aromatic carbocycles. The highest BCUT2D eigenvalue weighted by Gasteiger charge is 2.16. The van der Waals surface area contributed by atoms with Crippen LogP contribution in [-0.2, 0) is 6.42 Å². The van der Waals surface area contributed by atoms with Gasteiger partial charge in [0.15, 0.2) is 0 Å². The Morgan fingerprint density at radius 1 is 1.07 bits per heavy atom. The molecule has 0 saturated carbocycles. The number of anilines is 1. The topological polar surface area (TPSA) is 53.4 Å². The summed E-state index contributed by atoms with van der Waals surface area (Å²) in [6.07, 6.45) is 2.42. The van der Waals surface area contributed by atoms with E-state index < -0.39 is 0 Å². The van der Waals surface area contributed by atoms with Crippen LogP contribution in [-0.4, -0.2) is 60.3 Å². The van der Waals surface area contributed by atoms with Crippen molar-refractivity contribution in [3.63, 3.8) is 0 Å². The Hall–Kier alpha value is -2.86.